The fraction of sp³-hybridized carbons (Fsp3) is 0.375. The van der Waals surface area contributed by atoms with Crippen molar-refractivity contribution < 1.29 is 29.1 Å². The van der Waals surface area contributed by atoms with Gasteiger partial charge in [-0.2, -0.15) is 0 Å². The van der Waals surface area contributed by atoms with Crippen LogP contribution in [0.15, 0.2) is 10.6 Å². The molecule has 1 rings (SSSR count). The Hall–Kier alpha value is -2.05. The molecule has 0 fully saturated rings. The van der Waals surface area contributed by atoms with Crippen molar-refractivity contribution in [2.75, 3.05) is 0 Å². The molecule has 2 N–H and O–H groups in total. The second-order valence-electron chi connectivity index (χ2n) is 2.69. The first-order valence-electron chi connectivity index (χ1n) is 4.14. The zero-order chi connectivity index (χ0) is 11.4. The second-order valence-corrected chi connectivity index (χ2v) is 2.69. The van der Waals surface area contributed by atoms with Gasteiger partial charge in [0.25, 0.3) is 5.88 Å². The van der Waals surface area contributed by atoms with Crippen molar-refractivity contribution in [1.82, 2.24) is 5.16 Å². The molecular weight excluding hydrogens is 206 g/mol. The summed E-state index contributed by atoms with van der Waals surface area (Å²) in [4.78, 5) is 21.0. The summed E-state index contributed by atoms with van der Waals surface area (Å²) in [5.41, 5.74) is 0. The van der Waals surface area contributed by atoms with Gasteiger partial charge in [-0.1, -0.05) is 6.92 Å². The van der Waals surface area contributed by atoms with Crippen molar-refractivity contribution in [2.24, 2.45) is 0 Å². The SMILES string of the molecule is CCC(Oc1cc(C(=O)O)on1)C(=O)O. The van der Waals surface area contributed by atoms with Gasteiger partial charge in [0.05, 0.1) is 6.07 Å². The summed E-state index contributed by atoms with van der Waals surface area (Å²) in [5, 5.41) is 20.4. The van der Waals surface area contributed by atoms with E-state index < -0.39 is 23.8 Å². The first kappa shape index (κ1) is 11.0. The van der Waals surface area contributed by atoms with Crippen LogP contribution >= 0.6 is 0 Å². The zero-order valence-electron chi connectivity index (χ0n) is 7.84. The molecule has 7 nitrogen and oxygen atoms in total. The van der Waals surface area contributed by atoms with E-state index in [1.165, 1.54) is 0 Å². The molecule has 1 unspecified atom stereocenters. The molecule has 1 heterocycles. The van der Waals surface area contributed by atoms with Crippen molar-refractivity contribution in [1.29, 1.82) is 0 Å². The molecule has 15 heavy (non-hydrogen) atoms. The summed E-state index contributed by atoms with van der Waals surface area (Å²) in [6.07, 6.45) is -0.818. The molecule has 1 aromatic heterocycles. The van der Waals surface area contributed by atoms with Gasteiger partial charge in [-0.25, -0.2) is 9.59 Å². The van der Waals surface area contributed by atoms with Crippen molar-refractivity contribution in [2.45, 2.75) is 19.4 Å². The molecule has 0 aliphatic carbocycles. The lowest BCUT2D eigenvalue weighted by Gasteiger charge is -2.08. The van der Waals surface area contributed by atoms with Gasteiger partial charge in [0.15, 0.2) is 6.10 Å². The monoisotopic (exact) mass is 215 g/mol. The third kappa shape index (κ3) is 2.70. The fourth-order valence-corrected chi connectivity index (χ4v) is 0.869. The zero-order valence-corrected chi connectivity index (χ0v) is 7.84. The highest BCUT2D eigenvalue weighted by Crippen LogP contribution is 2.14. The molecule has 0 aliphatic rings. The van der Waals surface area contributed by atoms with Crippen LogP contribution in [0.5, 0.6) is 5.88 Å². The van der Waals surface area contributed by atoms with Crippen LogP contribution in [0.3, 0.4) is 0 Å². The Labute approximate surface area is 84.2 Å². The van der Waals surface area contributed by atoms with Crippen molar-refractivity contribution >= 4 is 11.9 Å². The van der Waals surface area contributed by atoms with Gasteiger partial charge in [-0.15, -0.1) is 0 Å². The molecule has 0 aromatic carbocycles. The maximum absolute atomic E-state index is 10.6. The number of aliphatic carboxylic acids is 1. The van der Waals surface area contributed by atoms with Crippen LogP contribution in [-0.2, 0) is 4.79 Å². The minimum absolute atomic E-state index is 0.151. The molecule has 0 spiro atoms. The number of carboxylic acids is 2. The lowest BCUT2D eigenvalue weighted by Crippen LogP contribution is -2.25. The van der Waals surface area contributed by atoms with Crippen molar-refractivity contribution in [3.63, 3.8) is 0 Å². The number of carbonyl (C=O) groups is 2. The van der Waals surface area contributed by atoms with Gasteiger partial charge < -0.3 is 19.5 Å². The molecular formula is C8H9NO6. The van der Waals surface area contributed by atoms with E-state index in [-0.39, 0.29) is 12.3 Å². The third-order valence-corrected chi connectivity index (χ3v) is 1.61. The molecule has 0 radical (unpaired) electrons. The Balaban J connectivity index is 2.71. The number of hydrogen-bond donors (Lipinski definition) is 2. The highest BCUT2D eigenvalue weighted by Gasteiger charge is 2.20. The summed E-state index contributed by atoms with van der Waals surface area (Å²) in [6.45, 7) is 1.62. The fourth-order valence-electron chi connectivity index (χ4n) is 0.869. The largest absolute Gasteiger partial charge is 0.479 e. The van der Waals surface area contributed by atoms with E-state index in [2.05, 4.69) is 9.68 Å². The van der Waals surface area contributed by atoms with Crippen LogP contribution < -0.4 is 4.74 Å². The van der Waals surface area contributed by atoms with E-state index in [4.69, 9.17) is 14.9 Å². The average Bonchev–Trinajstić information content (AvgIpc) is 2.61. The Morgan fingerprint density at radius 1 is 1.60 bits per heavy atom. The molecule has 0 amide bonds. The number of nitrogens with zero attached hydrogens (tertiary/aromatic N) is 1. The van der Waals surface area contributed by atoms with Crippen LogP contribution in [0.2, 0.25) is 0 Å². The smallest absolute Gasteiger partial charge is 0.374 e. The van der Waals surface area contributed by atoms with E-state index in [1.807, 2.05) is 0 Å². The topological polar surface area (TPSA) is 110 Å². The van der Waals surface area contributed by atoms with Gasteiger partial charge in [-0.3, -0.25) is 0 Å². The number of ether oxygens (including phenoxy) is 1. The van der Waals surface area contributed by atoms with E-state index in [1.54, 1.807) is 6.92 Å². The Morgan fingerprint density at radius 2 is 2.27 bits per heavy atom. The highest BCUT2D eigenvalue weighted by atomic mass is 16.6. The first-order chi connectivity index (χ1) is 7.04. The molecule has 7 heteroatoms. The Bertz CT molecular complexity index is 371. The van der Waals surface area contributed by atoms with Gasteiger partial charge in [0.2, 0.25) is 5.76 Å². The Kier molecular flexibility index (Phi) is 3.27. The molecule has 0 bridgehead atoms. The number of rotatable bonds is 5. The summed E-state index contributed by atoms with van der Waals surface area (Å²) < 4.78 is 9.27. The van der Waals surface area contributed by atoms with Crippen LogP contribution in [0.4, 0.5) is 0 Å². The summed E-state index contributed by atoms with van der Waals surface area (Å²) in [7, 11) is 0. The molecule has 1 atom stereocenters. The minimum atomic E-state index is -1.29. The predicted octanol–water partition coefficient (Wildman–Crippen LogP) is 0.615. The number of carboxylic acid groups (broad SMARTS) is 2. The number of aromatic carboxylic acids is 1. The lowest BCUT2D eigenvalue weighted by atomic mass is 10.3. The maximum atomic E-state index is 10.6. The van der Waals surface area contributed by atoms with Crippen molar-refractivity contribution in [3.8, 4) is 5.88 Å². The van der Waals surface area contributed by atoms with Crippen LogP contribution in [-0.4, -0.2) is 33.4 Å². The van der Waals surface area contributed by atoms with Gasteiger partial charge >= 0.3 is 11.9 Å². The van der Waals surface area contributed by atoms with Crippen LogP contribution in [0.25, 0.3) is 0 Å². The predicted molar refractivity (Wildman–Crippen MR) is 45.8 cm³/mol. The maximum Gasteiger partial charge on any atom is 0.374 e. The standard InChI is InChI=1S/C8H9NO6/c1-2-4(7(10)11)14-6-3-5(8(12)13)15-9-6/h3-4H,2H2,1H3,(H,10,11)(H,12,13). The third-order valence-electron chi connectivity index (χ3n) is 1.61. The first-order valence-corrected chi connectivity index (χ1v) is 4.14. The summed E-state index contributed by atoms with van der Waals surface area (Å²) in [5.74, 6) is -2.98. The molecule has 0 aliphatic heterocycles. The Morgan fingerprint density at radius 3 is 2.67 bits per heavy atom. The van der Waals surface area contributed by atoms with Crippen LogP contribution in [0.1, 0.15) is 23.9 Å². The second kappa shape index (κ2) is 4.45. The molecule has 82 valence electrons. The minimum Gasteiger partial charge on any atom is -0.479 e. The van der Waals surface area contributed by atoms with Crippen LogP contribution in [0, 0.1) is 0 Å². The molecule has 0 saturated heterocycles. The van der Waals surface area contributed by atoms with Gasteiger partial charge in [-0.05, 0) is 11.6 Å². The van der Waals surface area contributed by atoms with Gasteiger partial charge in [0.1, 0.15) is 0 Å². The average molecular weight is 215 g/mol. The normalized spacial score (nSPS) is 12.1. The summed E-state index contributed by atoms with van der Waals surface area (Å²) in [6, 6.07) is 1.02. The number of aromatic nitrogens is 1. The molecule has 0 saturated carbocycles. The van der Waals surface area contributed by atoms with E-state index in [9.17, 15) is 9.59 Å². The van der Waals surface area contributed by atoms with E-state index in [0.29, 0.717) is 0 Å². The lowest BCUT2D eigenvalue weighted by molar-refractivity contribution is -0.145. The van der Waals surface area contributed by atoms with E-state index >= 15 is 0 Å². The quantitative estimate of drug-likeness (QED) is 0.740. The number of hydrogen-bond acceptors (Lipinski definition) is 5. The van der Waals surface area contributed by atoms with E-state index in [0.717, 1.165) is 6.07 Å². The highest BCUT2D eigenvalue weighted by molar-refractivity contribution is 5.84. The molecule has 1 aromatic rings. The summed E-state index contributed by atoms with van der Waals surface area (Å²) >= 11 is 0. The van der Waals surface area contributed by atoms with Gasteiger partial charge in [0, 0.05) is 0 Å². The van der Waals surface area contributed by atoms with Crippen molar-refractivity contribution in [3.05, 3.63) is 11.8 Å².